The van der Waals surface area contributed by atoms with Gasteiger partial charge < -0.3 is 9.64 Å². The largest absolute Gasteiger partial charge is 0.374 e. The van der Waals surface area contributed by atoms with Crippen molar-refractivity contribution in [3.8, 4) is 0 Å². The number of nitrogens with zero attached hydrogens (tertiary/aromatic N) is 1. The van der Waals surface area contributed by atoms with Crippen LogP contribution in [0.25, 0.3) is 0 Å². The van der Waals surface area contributed by atoms with Gasteiger partial charge in [0.05, 0.1) is 24.2 Å². The van der Waals surface area contributed by atoms with Crippen molar-refractivity contribution < 1.29 is 9.53 Å². The average Bonchev–Trinajstić information content (AvgIpc) is 3.18. The molecule has 3 nitrogen and oxygen atoms in total. The molecule has 118 valence electrons. The summed E-state index contributed by atoms with van der Waals surface area (Å²) in [7, 11) is 0. The van der Waals surface area contributed by atoms with Gasteiger partial charge in [0.2, 0.25) is 5.91 Å². The Hall–Kier alpha value is -1.00. The maximum Gasteiger partial charge on any atom is 0.228 e. The van der Waals surface area contributed by atoms with Crippen LogP contribution < -0.4 is 0 Å². The monoisotopic (exact) mass is 317 g/mol. The van der Waals surface area contributed by atoms with E-state index in [1.165, 1.54) is 5.56 Å². The predicted octanol–water partition coefficient (Wildman–Crippen LogP) is 3.26. The molecule has 0 radical (unpaired) electrons. The number of ether oxygens (including phenoxy) is 1. The zero-order chi connectivity index (χ0) is 15.1. The van der Waals surface area contributed by atoms with Crippen molar-refractivity contribution in [1.29, 1.82) is 0 Å². The fourth-order valence-electron chi connectivity index (χ4n) is 4.28. The van der Waals surface area contributed by atoms with Crippen molar-refractivity contribution in [1.82, 2.24) is 4.90 Å². The summed E-state index contributed by atoms with van der Waals surface area (Å²) in [6.07, 6.45) is 3.66. The molecule has 5 unspecified atom stereocenters. The minimum atomic E-state index is 0.0975. The fraction of sp³-hybridized carbons (Fsp3) is 0.611. The third kappa shape index (κ3) is 2.46. The highest BCUT2D eigenvalue weighted by Crippen LogP contribution is 2.43. The van der Waals surface area contributed by atoms with E-state index in [1.54, 1.807) is 0 Å². The van der Waals surface area contributed by atoms with Gasteiger partial charge in [0.1, 0.15) is 0 Å². The maximum absolute atomic E-state index is 13.2. The van der Waals surface area contributed by atoms with Crippen LogP contribution in [-0.4, -0.2) is 40.6 Å². The van der Waals surface area contributed by atoms with Gasteiger partial charge in [-0.05, 0) is 24.8 Å². The summed E-state index contributed by atoms with van der Waals surface area (Å²) in [5, 5.41) is 0.444. The molecule has 3 aliphatic rings. The molecule has 1 amide bonds. The highest BCUT2D eigenvalue weighted by Gasteiger charge is 2.47. The Kier molecular flexibility index (Phi) is 3.91. The van der Waals surface area contributed by atoms with Gasteiger partial charge in [-0.25, -0.2) is 0 Å². The first-order valence-electron chi connectivity index (χ1n) is 8.36. The molecule has 0 spiro atoms. The summed E-state index contributed by atoms with van der Waals surface area (Å²) in [6.45, 7) is 3.11. The molecule has 4 rings (SSSR count). The van der Waals surface area contributed by atoms with Crippen molar-refractivity contribution >= 4 is 17.7 Å². The summed E-state index contributed by atoms with van der Waals surface area (Å²) in [4.78, 5) is 15.3. The number of benzene rings is 1. The molecule has 3 saturated heterocycles. The summed E-state index contributed by atoms with van der Waals surface area (Å²) in [5.74, 6) is 1.46. The van der Waals surface area contributed by atoms with E-state index in [1.807, 2.05) is 17.8 Å². The molecule has 5 atom stereocenters. The van der Waals surface area contributed by atoms with Gasteiger partial charge in [0.15, 0.2) is 0 Å². The molecular formula is C18H23NO2S. The number of carbonyl (C=O) groups is 1. The number of hydrogen-bond donors (Lipinski definition) is 0. The van der Waals surface area contributed by atoms with Crippen LogP contribution in [0, 0.1) is 5.92 Å². The molecule has 1 aromatic rings. The average molecular weight is 317 g/mol. The van der Waals surface area contributed by atoms with Crippen LogP contribution in [0.15, 0.2) is 30.3 Å². The van der Waals surface area contributed by atoms with Crippen LogP contribution in [0.5, 0.6) is 0 Å². The van der Waals surface area contributed by atoms with Crippen LogP contribution in [0.4, 0.5) is 0 Å². The molecule has 3 fully saturated rings. The normalized spacial score (nSPS) is 37.5. The minimum absolute atomic E-state index is 0.0975. The Bertz CT molecular complexity index is 549. The summed E-state index contributed by atoms with van der Waals surface area (Å²) in [6, 6.07) is 10.7. The third-order valence-electron chi connectivity index (χ3n) is 5.34. The van der Waals surface area contributed by atoms with E-state index in [2.05, 4.69) is 36.1 Å². The van der Waals surface area contributed by atoms with Gasteiger partial charge in [0.25, 0.3) is 0 Å². The second kappa shape index (κ2) is 5.89. The first-order chi connectivity index (χ1) is 10.7. The maximum atomic E-state index is 13.2. The number of fused-ring (bicyclic) bond motifs is 2. The van der Waals surface area contributed by atoms with E-state index >= 15 is 0 Å². The number of rotatable bonds is 2. The van der Waals surface area contributed by atoms with E-state index in [4.69, 9.17) is 4.74 Å². The smallest absolute Gasteiger partial charge is 0.228 e. The van der Waals surface area contributed by atoms with E-state index in [0.717, 1.165) is 31.6 Å². The molecule has 0 saturated carbocycles. The van der Waals surface area contributed by atoms with Crippen LogP contribution in [0.2, 0.25) is 0 Å². The van der Waals surface area contributed by atoms with Crippen LogP contribution in [0.1, 0.15) is 37.8 Å². The summed E-state index contributed by atoms with van der Waals surface area (Å²) >= 11 is 1.97. The SMILES string of the molecule is CC1SCCN(C(=O)C2CC3CCC2O3)C1c1ccccc1. The van der Waals surface area contributed by atoms with E-state index in [0.29, 0.717) is 17.3 Å². The Balaban J connectivity index is 1.59. The molecule has 3 aliphatic heterocycles. The van der Waals surface area contributed by atoms with Crippen LogP contribution >= 0.6 is 11.8 Å². The second-order valence-corrected chi connectivity index (χ2v) is 8.16. The zero-order valence-corrected chi connectivity index (χ0v) is 13.8. The molecule has 3 heterocycles. The Labute approximate surface area is 136 Å². The Morgan fingerprint density at radius 2 is 2.09 bits per heavy atom. The van der Waals surface area contributed by atoms with Gasteiger partial charge in [0, 0.05) is 17.5 Å². The van der Waals surface area contributed by atoms with Gasteiger partial charge in [-0.1, -0.05) is 37.3 Å². The fourth-order valence-corrected chi connectivity index (χ4v) is 5.44. The first-order valence-corrected chi connectivity index (χ1v) is 9.41. The number of carbonyl (C=O) groups excluding carboxylic acids is 1. The van der Waals surface area contributed by atoms with Crippen molar-refractivity contribution in [2.75, 3.05) is 12.3 Å². The highest BCUT2D eigenvalue weighted by molar-refractivity contribution is 8.00. The molecular weight excluding hydrogens is 294 g/mol. The lowest BCUT2D eigenvalue weighted by Crippen LogP contribution is -2.48. The van der Waals surface area contributed by atoms with Crippen LogP contribution in [-0.2, 0) is 9.53 Å². The van der Waals surface area contributed by atoms with Crippen molar-refractivity contribution in [3.05, 3.63) is 35.9 Å². The lowest BCUT2D eigenvalue weighted by molar-refractivity contribution is -0.139. The molecule has 2 bridgehead atoms. The third-order valence-corrected chi connectivity index (χ3v) is 6.54. The lowest BCUT2D eigenvalue weighted by Gasteiger charge is -2.41. The molecule has 0 N–H and O–H groups in total. The Morgan fingerprint density at radius 3 is 2.77 bits per heavy atom. The minimum Gasteiger partial charge on any atom is -0.374 e. The summed E-state index contributed by atoms with van der Waals surface area (Å²) < 4.78 is 5.91. The second-order valence-electron chi connectivity index (χ2n) is 6.68. The first kappa shape index (κ1) is 14.6. The van der Waals surface area contributed by atoms with Gasteiger partial charge >= 0.3 is 0 Å². The van der Waals surface area contributed by atoms with Crippen LogP contribution in [0.3, 0.4) is 0 Å². The topological polar surface area (TPSA) is 29.5 Å². The number of hydrogen-bond acceptors (Lipinski definition) is 3. The van der Waals surface area contributed by atoms with Crippen molar-refractivity contribution in [2.24, 2.45) is 5.92 Å². The predicted molar refractivity (Wildman–Crippen MR) is 88.8 cm³/mol. The van der Waals surface area contributed by atoms with Gasteiger partial charge in [-0.3, -0.25) is 4.79 Å². The van der Waals surface area contributed by atoms with Gasteiger partial charge in [-0.2, -0.15) is 11.8 Å². The lowest BCUT2D eigenvalue weighted by atomic mass is 9.87. The van der Waals surface area contributed by atoms with Crippen molar-refractivity contribution in [3.63, 3.8) is 0 Å². The standard InChI is InChI=1S/C18H23NO2S/c1-12-17(13-5-3-2-4-6-13)19(9-10-22-12)18(20)15-11-14-7-8-16(15)21-14/h2-6,12,14-17H,7-11H2,1H3. The highest BCUT2D eigenvalue weighted by atomic mass is 32.2. The summed E-state index contributed by atoms with van der Waals surface area (Å²) in [5.41, 5.74) is 1.26. The Morgan fingerprint density at radius 1 is 1.27 bits per heavy atom. The quantitative estimate of drug-likeness (QED) is 0.838. The molecule has 22 heavy (non-hydrogen) atoms. The molecule has 0 aromatic heterocycles. The van der Waals surface area contributed by atoms with E-state index in [9.17, 15) is 4.79 Å². The van der Waals surface area contributed by atoms with E-state index in [-0.39, 0.29) is 18.1 Å². The molecule has 4 heteroatoms. The number of thioether (sulfide) groups is 1. The molecule has 1 aromatic carbocycles. The zero-order valence-electron chi connectivity index (χ0n) is 13.0. The molecule has 0 aliphatic carbocycles. The van der Waals surface area contributed by atoms with Gasteiger partial charge in [-0.15, -0.1) is 0 Å². The van der Waals surface area contributed by atoms with E-state index < -0.39 is 0 Å². The van der Waals surface area contributed by atoms with Crippen molar-refractivity contribution in [2.45, 2.75) is 49.7 Å². The number of amides is 1.